The van der Waals surface area contributed by atoms with Gasteiger partial charge in [-0.1, -0.05) is 53.0 Å². The fraction of sp³-hybridized carbons (Fsp3) is 0.200. The third-order valence-corrected chi connectivity index (χ3v) is 4.91. The van der Waals surface area contributed by atoms with Crippen molar-refractivity contribution < 1.29 is 4.74 Å². The Kier molecular flexibility index (Phi) is 6.37. The Morgan fingerprint density at radius 2 is 1.81 bits per heavy atom. The molecule has 4 nitrogen and oxygen atoms in total. The van der Waals surface area contributed by atoms with Gasteiger partial charge < -0.3 is 4.74 Å². The molecule has 3 aromatic rings. The van der Waals surface area contributed by atoms with Gasteiger partial charge in [-0.25, -0.2) is 4.98 Å². The fourth-order valence-corrected chi connectivity index (χ4v) is 3.61. The summed E-state index contributed by atoms with van der Waals surface area (Å²) in [6.45, 7) is 5.90. The average Bonchev–Trinajstić information content (AvgIpc) is 3.07. The summed E-state index contributed by atoms with van der Waals surface area (Å²) in [6, 6.07) is 11.8. The predicted molar refractivity (Wildman–Crippen MR) is 116 cm³/mol. The number of hydrogen-bond acceptors (Lipinski definition) is 5. The number of anilines is 1. The summed E-state index contributed by atoms with van der Waals surface area (Å²) in [6.07, 6.45) is 1.64. The van der Waals surface area contributed by atoms with E-state index in [2.05, 4.69) is 46.7 Å². The molecule has 0 aliphatic carbocycles. The standard InChI is InChI=1S/C20H19Cl2N3OS/c1-12(2)26-19-16(21)8-14(9-17(19)22)10-23-25-20-24-18(11-27-20)15-6-4-13(3)5-7-15/h4-12H,1-3H3,(H,24,25)/b23-10-. The molecule has 0 atom stereocenters. The van der Waals surface area contributed by atoms with E-state index < -0.39 is 0 Å². The molecule has 140 valence electrons. The van der Waals surface area contributed by atoms with E-state index in [9.17, 15) is 0 Å². The first-order chi connectivity index (χ1) is 12.9. The van der Waals surface area contributed by atoms with Crippen molar-refractivity contribution in [2.75, 3.05) is 5.43 Å². The summed E-state index contributed by atoms with van der Waals surface area (Å²) in [5, 5.41) is 7.83. The smallest absolute Gasteiger partial charge is 0.203 e. The van der Waals surface area contributed by atoms with Crippen LogP contribution in [0.5, 0.6) is 5.75 Å². The summed E-state index contributed by atoms with van der Waals surface area (Å²) < 4.78 is 5.62. The third-order valence-electron chi connectivity index (χ3n) is 3.60. The van der Waals surface area contributed by atoms with Gasteiger partial charge in [0.15, 0.2) is 5.75 Å². The Morgan fingerprint density at radius 1 is 1.15 bits per heavy atom. The van der Waals surface area contributed by atoms with E-state index in [1.54, 1.807) is 18.3 Å². The van der Waals surface area contributed by atoms with Crippen molar-refractivity contribution >= 4 is 45.9 Å². The quantitative estimate of drug-likeness (QED) is 0.358. The summed E-state index contributed by atoms with van der Waals surface area (Å²) in [7, 11) is 0. The van der Waals surface area contributed by atoms with Gasteiger partial charge in [0.1, 0.15) is 0 Å². The number of halogens is 2. The van der Waals surface area contributed by atoms with Gasteiger partial charge in [-0.05, 0) is 38.5 Å². The molecule has 0 fully saturated rings. The maximum absolute atomic E-state index is 6.26. The van der Waals surface area contributed by atoms with Crippen LogP contribution in [0.25, 0.3) is 11.3 Å². The maximum atomic E-state index is 6.26. The van der Waals surface area contributed by atoms with E-state index in [-0.39, 0.29) is 6.10 Å². The second-order valence-electron chi connectivity index (χ2n) is 6.25. The molecule has 0 spiro atoms. The zero-order valence-corrected chi connectivity index (χ0v) is 17.5. The fourth-order valence-electron chi connectivity index (χ4n) is 2.35. The molecule has 1 N–H and O–H groups in total. The van der Waals surface area contributed by atoms with Crippen LogP contribution in [0, 0.1) is 6.92 Å². The van der Waals surface area contributed by atoms with E-state index >= 15 is 0 Å². The van der Waals surface area contributed by atoms with Gasteiger partial charge in [0, 0.05) is 10.9 Å². The lowest BCUT2D eigenvalue weighted by Gasteiger charge is -2.13. The molecular weight excluding hydrogens is 401 g/mol. The van der Waals surface area contributed by atoms with Crippen LogP contribution in [0.4, 0.5) is 5.13 Å². The normalized spacial score (nSPS) is 11.3. The highest BCUT2D eigenvalue weighted by Crippen LogP contribution is 2.34. The highest BCUT2D eigenvalue weighted by Gasteiger charge is 2.10. The van der Waals surface area contributed by atoms with Crippen LogP contribution in [-0.2, 0) is 0 Å². The maximum Gasteiger partial charge on any atom is 0.203 e. The van der Waals surface area contributed by atoms with Gasteiger partial charge in [0.05, 0.1) is 28.1 Å². The van der Waals surface area contributed by atoms with Crippen LogP contribution < -0.4 is 10.2 Å². The van der Waals surface area contributed by atoms with Crippen molar-refractivity contribution in [1.82, 2.24) is 4.98 Å². The number of hydrazone groups is 1. The number of rotatable bonds is 6. The molecule has 0 aliphatic heterocycles. The molecule has 0 saturated carbocycles. The molecule has 0 aliphatic rings. The Labute approximate surface area is 172 Å². The Morgan fingerprint density at radius 3 is 2.44 bits per heavy atom. The molecule has 0 unspecified atom stereocenters. The van der Waals surface area contributed by atoms with E-state index in [4.69, 9.17) is 27.9 Å². The number of nitrogens with zero attached hydrogens (tertiary/aromatic N) is 2. The van der Waals surface area contributed by atoms with Gasteiger partial charge in [-0.3, -0.25) is 5.43 Å². The van der Waals surface area contributed by atoms with E-state index in [1.807, 2.05) is 19.2 Å². The lowest BCUT2D eigenvalue weighted by molar-refractivity contribution is 0.243. The SMILES string of the molecule is Cc1ccc(-c2csc(N/N=C\c3cc(Cl)c(OC(C)C)c(Cl)c3)n2)cc1. The van der Waals surface area contributed by atoms with Crippen LogP contribution in [0.1, 0.15) is 25.0 Å². The molecule has 1 heterocycles. The van der Waals surface area contributed by atoms with Crippen molar-refractivity contribution in [2.45, 2.75) is 26.9 Å². The molecule has 27 heavy (non-hydrogen) atoms. The van der Waals surface area contributed by atoms with Gasteiger partial charge >= 0.3 is 0 Å². The van der Waals surface area contributed by atoms with Crippen LogP contribution in [0.2, 0.25) is 10.0 Å². The molecule has 7 heteroatoms. The molecule has 2 aromatic carbocycles. The van der Waals surface area contributed by atoms with Gasteiger partial charge in [0.25, 0.3) is 0 Å². The van der Waals surface area contributed by atoms with Gasteiger partial charge in [-0.15, -0.1) is 11.3 Å². The average molecular weight is 420 g/mol. The minimum Gasteiger partial charge on any atom is -0.488 e. The van der Waals surface area contributed by atoms with E-state index in [0.29, 0.717) is 20.9 Å². The predicted octanol–water partition coefficient (Wildman–Crippen LogP) is 6.66. The van der Waals surface area contributed by atoms with Gasteiger partial charge in [0.2, 0.25) is 5.13 Å². The number of thiazole rings is 1. The minimum absolute atomic E-state index is 0.00573. The van der Waals surface area contributed by atoms with Crippen molar-refractivity contribution in [3.8, 4) is 17.0 Å². The summed E-state index contributed by atoms with van der Waals surface area (Å²) in [4.78, 5) is 4.54. The van der Waals surface area contributed by atoms with Crippen LogP contribution in [0.3, 0.4) is 0 Å². The zero-order valence-electron chi connectivity index (χ0n) is 15.2. The second kappa shape index (κ2) is 8.74. The zero-order chi connectivity index (χ0) is 19.4. The van der Waals surface area contributed by atoms with Gasteiger partial charge in [-0.2, -0.15) is 5.10 Å². The number of aryl methyl sites for hydroxylation is 1. The minimum atomic E-state index is -0.00573. The lowest BCUT2D eigenvalue weighted by Crippen LogP contribution is -2.06. The topological polar surface area (TPSA) is 46.5 Å². The summed E-state index contributed by atoms with van der Waals surface area (Å²) in [5.41, 5.74) is 6.92. The molecule has 3 rings (SSSR count). The molecule has 0 amide bonds. The third kappa shape index (κ3) is 5.22. The number of ether oxygens (including phenoxy) is 1. The van der Waals surface area contributed by atoms with Crippen molar-refractivity contribution in [2.24, 2.45) is 5.10 Å². The first-order valence-electron chi connectivity index (χ1n) is 8.39. The first kappa shape index (κ1) is 19.7. The van der Waals surface area contributed by atoms with Crippen LogP contribution in [-0.4, -0.2) is 17.3 Å². The Bertz CT molecular complexity index is 929. The number of aromatic nitrogens is 1. The molecular formula is C20H19Cl2N3OS. The highest BCUT2D eigenvalue weighted by molar-refractivity contribution is 7.14. The molecule has 0 saturated heterocycles. The van der Waals surface area contributed by atoms with Crippen molar-refractivity contribution in [3.05, 3.63) is 63.0 Å². The Hall–Kier alpha value is -2.08. The highest BCUT2D eigenvalue weighted by atomic mass is 35.5. The monoisotopic (exact) mass is 419 g/mol. The lowest BCUT2D eigenvalue weighted by atomic mass is 10.1. The second-order valence-corrected chi connectivity index (χ2v) is 7.93. The number of benzene rings is 2. The van der Waals surface area contributed by atoms with E-state index in [1.165, 1.54) is 16.9 Å². The van der Waals surface area contributed by atoms with Crippen LogP contribution in [0.15, 0.2) is 46.9 Å². The summed E-state index contributed by atoms with van der Waals surface area (Å²) in [5.74, 6) is 0.487. The number of nitrogens with one attached hydrogen (secondary N) is 1. The molecule has 1 aromatic heterocycles. The van der Waals surface area contributed by atoms with E-state index in [0.717, 1.165) is 16.8 Å². The first-order valence-corrected chi connectivity index (χ1v) is 10.0. The Balaban J connectivity index is 1.68. The molecule has 0 bridgehead atoms. The van der Waals surface area contributed by atoms with Crippen LogP contribution >= 0.6 is 34.5 Å². The number of hydrogen-bond donors (Lipinski definition) is 1. The molecule has 0 radical (unpaired) electrons. The largest absolute Gasteiger partial charge is 0.488 e. The van der Waals surface area contributed by atoms with Crippen molar-refractivity contribution in [1.29, 1.82) is 0 Å². The van der Waals surface area contributed by atoms with Crippen molar-refractivity contribution in [3.63, 3.8) is 0 Å². The summed E-state index contributed by atoms with van der Waals surface area (Å²) >= 11 is 14.0.